The quantitative estimate of drug-likeness (QED) is 0.383. The molecule has 0 aliphatic heterocycles. The summed E-state index contributed by atoms with van der Waals surface area (Å²) in [6, 6.07) is 0. The van der Waals surface area contributed by atoms with Crippen LogP contribution in [0.1, 0.15) is 0 Å². The summed E-state index contributed by atoms with van der Waals surface area (Å²) in [7, 11) is 0. The number of allylic oxidation sites excluding steroid dienone is 1. The molecular weight excluding hydrogens is 158 g/mol. The molecule has 0 aromatic heterocycles. The number of hydrogen-bond donors (Lipinski definition) is 0. The molecule has 0 aromatic rings. The monoisotopic (exact) mass is 163 g/mol. The Labute approximate surface area is 42.8 Å². The molecule has 0 spiro atoms. The van der Waals surface area contributed by atoms with Gasteiger partial charge in [-0.3, -0.25) is 0 Å². The van der Waals surface area contributed by atoms with Crippen LogP contribution in [0.2, 0.25) is 0 Å². The molecule has 0 aromatic carbocycles. The fraction of sp³-hybridized carbons (Fsp3) is 0. The molecule has 0 bridgehead atoms. The van der Waals surface area contributed by atoms with Gasteiger partial charge in [0.15, 0.2) is 0 Å². The maximum atomic E-state index is 8.10. The Morgan fingerprint density at radius 2 is 1.80 bits per heavy atom. The molecular formula is C3H5OPd-. The summed E-state index contributed by atoms with van der Waals surface area (Å²) in [6.45, 7) is 6.50. The van der Waals surface area contributed by atoms with Crippen LogP contribution in [0.5, 0.6) is 0 Å². The van der Waals surface area contributed by atoms with Crippen molar-refractivity contribution in [1.82, 2.24) is 0 Å². The average molecular weight is 163 g/mol. The van der Waals surface area contributed by atoms with Gasteiger partial charge in [0.25, 0.3) is 0 Å². The van der Waals surface area contributed by atoms with Crippen LogP contribution in [0.3, 0.4) is 0 Å². The van der Waals surface area contributed by atoms with Gasteiger partial charge < -0.3 is 0 Å². The van der Waals surface area contributed by atoms with Crippen molar-refractivity contribution in [2.75, 3.05) is 0 Å². The summed E-state index contributed by atoms with van der Waals surface area (Å²) in [5.74, 6) is 0. The molecule has 0 saturated carbocycles. The van der Waals surface area contributed by atoms with E-state index in [2.05, 4.69) is 13.5 Å². The molecule has 0 saturated heterocycles. The van der Waals surface area contributed by atoms with Crippen LogP contribution >= 0.6 is 0 Å². The molecule has 0 radical (unpaired) electrons. The molecule has 0 fully saturated rings. The predicted octanol–water partition coefficient (Wildman–Crippen LogP) is 0.885. The van der Waals surface area contributed by atoms with Crippen LogP contribution in [0.4, 0.5) is 0 Å². The van der Waals surface area contributed by atoms with Gasteiger partial charge in [0, 0.05) is 0 Å². The van der Waals surface area contributed by atoms with Gasteiger partial charge in [0.1, 0.15) is 0 Å². The summed E-state index contributed by atoms with van der Waals surface area (Å²) in [5.41, 5.74) is 0. The van der Waals surface area contributed by atoms with Gasteiger partial charge in [-0.15, -0.1) is 0 Å². The van der Waals surface area contributed by atoms with Crippen molar-refractivity contribution in [2.24, 2.45) is 0 Å². The zero-order chi connectivity index (χ0) is 4.71. The Hall–Kier alpha value is 0.0723. The molecule has 5 heavy (non-hydrogen) atoms. The van der Waals surface area contributed by atoms with E-state index in [0.29, 0.717) is 0 Å². The Kier molecular flexibility index (Phi) is 59.6. The van der Waals surface area contributed by atoms with Crippen molar-refractivity contribution in [3.8, 4) is 0 Å². The molecule has 2 heteroatoms. The third kappa shape index (κ3) is 3340. The third-order valence-corrected chi connectivity index (χ3v) is 0. The van der Waals surface area contributed by atoms with E-state index in [0.717, 1.165) is 0 Å². The zero-order valence-electron chi connectivity index (χ0n) is 2.72. The molecule has 0 heterocycles. The Morgan fingerprint density at radius 1 is 1.80 bits per heavy atom. The summed E-state index contributed by atoms with van der Waals surface area (Å²) >= 11 is 1.50. The second-order valence-corrected chi connectivity index (χ2v) is 0.289. The van der Waals surface area contributed by atoms with Crippen molar-refractivity contribution < 1.29 is 22.6 Å². The fourth-order valence-electron chi connectivity index (χ4n) is 0. The molecule has 0 aliphatic rings. The Balaban J connectivity index is 0. The standard InChI is InChI=1S/C3H5.O.Pd/c1-3-2;;/h3H,1-2H2;;/q-1;;. The van der Waals surface area contributed by atoms with E-state index in [1.165, 1.54) is 25.2 Å². The van der Waals surface area contributed by atoms with Crippen LogP contribution in [0, 0.1) is 6.92 Å². The first-order chi connectivity index (χ1) is 2.41. The van der Waals surface area contributed by atoms with E-state index < -0.39 is 0 Å². The molecule has 0 amide bonds. The SMILES string of the molecule is C=C[CH2-].[O]=[Pd]. The summed E-state index contributed by atoms with van der Waals surface area (Å²) in [4.78, 5) is 0. The van der Waals surface area contributed by atoms with Crippen molar-refractivity contribution in [2.45, 2.75) is 0 Å². The first-order valence-electron chi connectivity index (χ1n) is 0.946. The Morgan fingerprint density at radius 3 is 1.80 bits per heavy atom. The zero-order valence-corrected chi connectivity index (χ0v) is 4.27. The first-order valence-corrected chi connectivity index (χ1v) is 1.58. The molecule has 0 unspecified atom stereocenters. The Bertz CT molecular complexity index is 20.9. The van der Waals surface area contributed by atoms with E-state index >= 15 is 0 Å². The minimum absolute atomic E-state index is 1.50. The fourth-order valence-corrected chi connectivity index (χ4v) is 0. The minimum atomic E-state index is 1.50. The van der Waals surface area contributed by atoms with Gasteiger partial charge in [-0.1, -0.05) is 0 Å². The first kappa shape index (κ1) is 8.91. The molecule has 34 valence electrons. The van der Waals surface area contributed by atoms with Crippen LogP contribution in [0.15, 0.2) is 12.7 Å². The summed E-state index contributed by atoms with van der Waals surface area (Å²) in [6.07, 6.45) is 1.50. The van der Waals surface area contributed by atoms with Gasteiger partial charge in [0.2, 0.25) is 0 Å². The van der Waals surface area contributed by atoms with Crippen LogP contribution < -0.4 is 0 Å². The van der Waals surface area contributed by atoms with Crippen molar-refractivity contribution >= 4 is 0 Å². The van der Waals surface area contributed by atoms with Crippen LogP contribution in [-0.2, 0) is 22.6 Å². The van der Waals surface area contributed by atoms with Gasteiger partial charge >= 0.3 is 22.6 Å². The van der Waals surface area contributed by atoms with Crippen molar-refractivity contribution in [1.29, 1.82) is 0 Å². The molecule has 0 aliphatic carbocycles. The average Bonchev–Trinajstić information content (AvgIpc) is 1.46. The second-order valence-electron chi connectivity index (χ2n) is 0.289. The van der Waals surface area contributed by atoms with E-state index in [1.54, 1.807) is 0 Å². The van der Waals surface area contributed by atoms with E-state index in [9.17, 15) is 0 Å². The van der Waals surface area contributed by atoms with E-state index in [4.69, 9.17) is 3.47 Å². The maximum absolute atomic E-state index is 8.10. The second kappa shape index (κ2) is 33.4. The van der Waals surface area contributed by atoms with Crippen LogP contribution in [-0.4, -0.2) is 0 Å². The van der Waals surface area contributed by atoms with E-state index in [1.807, 2.05) is 0 Å². The van der Waals surface area contributed by atoms with E-state index in [-0.39, 0.29) is 0 Å². The summed E-state index contributed by atoms with van der Waals surface area (Å²) < 4.78 is 8.10. The summed E-state index contributed by atoms with van der Waals surface area (Å²) in [5, 5.41) is 0. The topological polar surface area (TPSA) is 17.1 Å². The molecule has 1 nitrogen and oxygen atoms in total. The van der Waals surface area contributed by atoms with Gasteiger partial charge in [-0.2, -0.15) is 0 Å². The van der Waals surface area contributed by atoms with Gasteiger partial charge in [-0.25, -0.2) is 19.6 Å². The third-order valence-electron chi connectivity index (χ3n) is 0. The number of rotatable bonds is 0. The number of hydrogen-bond acceptors (Lipinski definition) is 1. The molecule has 0 N–H and O–H groups in total. The predicted molar refractivity (Wildman–Crippen MR) is 16.2 cm³/mol. The van der Waals surface area contributed by atoms with Crippen molar-refractivity contribution in [3.05, 3.63) is 19.6 Å². The van der Waals surface area contributed by atoms with Crippen LogP contribution in [0.25, 0.3) is 0 Å². The molecule has 0 atom stereocenters. The molecule has 0 rings (SSSR count). The van der Waals surface area contributed by atoms with Crippen molar-refractivity contribution in [3.63, 3.8) is 0 Å². The van der Waals surface area contributed by atoms with Gasteiger partial charge in [0.05, 0.1) is 0 Å². The normalized spacial score (nSPS) is 3.60. The van der Waals surface area contributed by atoms with Gasteiger partial charge in [-0.05, 0) is 0 Å².